The van der Waals surface area contributed by atoms with E-state index in [0.29, 0.717) is 6.61 Å². The molecule has 76 valence electrons. The molecule has 1 aromatic rings. The van der Waals surface area contributed by atoms with Crippen molar-refractivity contribution in [3.63, 3.8) is 0 Å². The van der Waals surface area contributed by atoms with Crippen LogP contribution < -0.4 is 0 Å². The molecular weight excluding hydrogens is 194 g/mol. The van der Waals surface area contributed by atoms with Gasteiger partial charge in [-0.05, 0) is 6.07 Å². The van der Waals surface area contributed by atoms with Crippen LogP contribution >= 0.6 is 0 Å². The summed E-state index contributed by atoms with van der Waals surface area (Å²) in [5.74, 6) is -0.777. The van der Waals surface area contributed by atoms with Crippen molar-refractivity contribution in [2.24, 2.45) is 4.99 Å². The fraction of sp³-hybridized carbons (Fsp3) is 0.0909. The Bertz CT molecular complexity index is 449. The van der Waals surface area contributed by atoms with Crippen LogP contribution in [0.15, 0.2) is 41.1 Å². The van der Waals surface area contributed by atoms with E-state index < -0.39 is 5.97 Å². The normalized spacial score (nSPS) is 16.7. The van der Waals surface area contributed by atoms with Gasteiger partial charge in [-0.25, -0.2) is 4.79 Å². The van der Waals surface area contributed by atoms with E-state index in [9.17, 15) is 4.79 Å². The number of carboxylic acid groups (broad SMARTS) is 1. The van der Waals surface area contributed by atoms with E-state index in [-0.39, 0.29) is 5.76 Å². The highest BCUT2D eigenvalue weighted by atomic mass is 16.5. The van der Waals surface area contributed by atoms with Gasteiger partial charge in [0, 0.05) is 5.56 Å². The topological polar surface area (TPSA) is 58.9 Å². The lowest BCUT2D eigenvalue weighted by atomic mass is 10.2. The van der Waals surface area contributed by atoms with Gasteiger partial charge in [0.05, 0.1) is 18.0 Å². The van der Waals surface area contributed by atoms with Crippen LogP contribution in [0.1, 0.15) is 5.56 Å². The summed E-state index contributed by atoms with van der Waals surface area (Å²) < 4.78 is 5.27. The molecule has 0 fully saturated rings. The summed E-state index contributed by atoms with van der Waals surface area (Å²) in [6.07, 6.45) is 2.41. The average Bonchev–Trinajstić information content (AvgIpc) is 2.41. The third kappa shape index (κ3) is 2.22. The first-order valence-corrected chi connectivity index (χ1v) is 4.45. The predicted molar refractivity (Wildman–Crippen MR) is 55.1 cm³/mol. The van der Waals surface area contributed by atoms with E-state index in [1.54, 1.807) is 0 Å². The van der Waals surface area contributed by atoms with Crippen LogP contribution in [0, 0.1) is 0 Å². The number of para-hydroxylation sites is 1. The monoisotopic (exact) mass is 203 g/mol. The van der Waals surface area contributed by atoms with Gasteiger partial charge in [0.25, 0.3) is 0 Å². The minimum Gasteiger partial charge on any atom is -0.487 e. The van der Waals surface area contributed by atoms with Crippen LogP contribution in [-0.2, 0) is 16.1 Å². The Morgan fingerprint density at radius 2 is 2.27 bits per heavy atom. The molecule has 4 nitrogen and oxygen atoms in total. The number of carbonyl (C=O) groups is 1. The summed E-state index contributed by atoms with van der Waals surface area (Å²) in [4.78, 5) is 14.6. The van der Waals surface area contributed by atoms with Crippen molar-refractivity contribution >= 4 is 17.9 Å². The highest BCUT2D eigenvalue weighted by Crippen LogP contribution is 2.22. The number of benzene rings is 1. The zero-order chi connectivity index (χ0) is 10.7. The molecule has 1 heterocycles. The lowest BCUT2D eigenvalue weighted by Gasteiger charge is -2.03. The summed E-state index contributed by atoms with van der Waals surface area (Å²) >= 11 is 0. The number of rotatable bonds is 1. The van der Waals surface area contributed by atoms with Gasteiger partial charge in [-0.15, -0.1) is 0 Å². The molecule has 0 saturated heterocycles. The molecule has 15 heavy (non-hydrogen) atoms. The molecule has 4 heteroatoms. The number of aliphatic imine (C=N–C) groups is 1. The third-order valence-electron chi connectivity index (χ3n) is 1.98. The molecular formula is C11H9NO3. The van der Waals surface area contributed by atoms with Gasteiger partial charge in [-0.2, -0.15) is 0 Å². The molecule has 1 aliphatic heterocycles. The highest BCUT2D eigenvalue weighted by Gasteiger charge is 2.07. The fourth-order valence-corrected chi connectivity index (χ4v) is 1.29. The summed E-state index contributed by atoms with van der Waals surface area (Å²) in [7, 11) is 0. The first-order valence-electron chi connectivity index (χ1n) is 4.45. The van der Waals surface area contributed by atoms with Gasteiger partial charge in [-0.3, -0.25) is 4.99 Å². The molecule has 0 spiro atoms. The van der Waals surface area contributed by atoms with Crippen LogP contribution in [0.2, 0.25) is 0 Å². The molecule has 0 aliphatic carbocycles. The van der Waals surface area contributed by atoms with Crippen LogP contribution in [0.25, 0.3) is 0 Å². The number of carboxylic acids is 1. The Balaban J connectivity index is 2.30. The second kappa shape index (κ2) is 3.96. The van der Waals surface area contributed by atoms with Crippen molar-refractivity contribution in [3.05, 3.63) is 41.7 Å². The highest BCUT2D eigenvalue weighted by molar-refractivity contribution is 5.90. The molecule has 2 rings (SSSR count). The van der Waals surface area contributed by atoms with Crippen molar-refractivity contribution in [2.75, 3.05) is 0 Å². The lowest BCUT2D eigenvalue weighted by molar-refractivity contribution is -0.131. The summed E-state index contributed by atoms with van der Waals surface area (Å²) in [6, 6.07) is 7.53. The molecule has 0 radical (unpaired) electrons. The van der Waals surface area contributed by atoms with Gasteiger partial charge in [0.2, 0.25) is 0 Å². The molecule has 0 atom stereocenters. The van der Waals surface area contributed by atoms with E-state index in [1.165, 1.54) is 6.21 Å². The first-order chi connectivity index (χ1) is 7.25. The molecule has 1 aliphatic rings. The Morgan fingerprint density at radius 3 is 3.07 bits per heavy atom. The second-order valence-electron chi connectivity index (χ2n) is 3.06. The molecule has 1 aromatic carbocycles. The number of nitrogens with zero attached hydrogens (tertiary/aromatic N) is 1. The van der Waals surface area contributed by atoms with Crippen molar-refractivity contribution in [2.45, 2.75) is 6.61 Å². The maximum atomic E-state index is 10.4. The van der Waals surface area contributed by atoms with Gasteiger partial charge >= 0.3 is 5.97 Å². The van der Waals surface area contributed by atoms with Crippen LogP contribution in [0.5, 0.6) is 0 Å². The molecule has 0 bridgehead atoms. The van der Waals surface area contributed by atoms with Crippen LogP contribution in [0.4, 0.5) is 5.69 Å². The Hall–Kier alpha value is -2.10. The Morgan fingerprint density at radius 1 is 1.47 bits per heavy atom. The standard InChI is InChI=1S/C11H9NO3/c13-11(14)5-9-6-12-10-4-2-1-3-8(10)7-15-9/h1-6H,7H2,(H,13,14). The van der Waals surface area contributed by atoms with Gasteiger partial charge in [0.1, 0.15) is 12.4 Å². The minimum absolute atomic E-state index is 0.263. The van der Waals surface area contributed by atoms with E-state index in [4.69, 9.17) is 9.84 Å². The first kappa shape index (κ1) is 9.45. The van der Waals surface area contributed by atoms with Crippen molar-refractivity contribution in [1.29, 1.82) is 0 Å². The third-order valence-corrected chi connectivity index (χ3v) is 1.98. The molecule has 0 unspecified atom stereocenters. The van der Waals surface area contributed by atoms with Crippen molar-refractivity contribution in [3.8, 4) is 0 Å². The summed E-state index contributed by atoms with van der Waals surface area (Å²) in [6.45, 7) is 0.343. The molecule has 0 aromatic heterocycles. The second-order valence-corrected chi connectivity index (χ2v) is 3.06. The SMILES string of the molecule is O=C(O)C=C1C=Nc2ccccc2CO1. The number of hydrogen-bond donors (Lipinski definition) is 1. The van der Waals surface area contributed by atoms with Gasteiger partial charge < -0.3 is 9.84 Å². The van der Waals surface area contributed by atoms with Crippen LogP contribution in [0.3, 0.4) is 0 Å². The maximum absolute atomic E-state index is 10.4. The zero-order valence-corrected chi connectivity index (χ0v) is 7.88. The fourth-order valence-electron chi connectivity index (χ4n) is 1.29. The van der Waals surface area contributed by atoms with E-state index in [1.807, 2.05) is 24.3 Å². The summed E-state index contributed by atoms with van der Waals surface area (Å²) in [5, 5.41) is 8.56. The Labute approximate surface area is 86.5 Å². The largest absolute Gasteiger partial charge is 0.487 e. The minimum atomic E-state index is -1.04. The zero-order valence-electron chi connectivity index (χ0n) is 7.88. The van der Waals surface area contributed by atoms with Crippen molar-refractivity contribution < 1.29 is 14.6 Å². The van der Waals surface area contributed by atoms with E-state index in [2.05, 4.69) is 4.99 Å². The van der Waals surface area contributed by atoms with Crippen LogP contribution in [-0.4, -0.2) is 17.3 Å². The molecule has 0 saturated carbocycles. The maximum Gasteiger partial charge on any atom is 0.332 e. The number of ether oxygens (including phenoxy) is 1. The van der Waals surface area contributed by atoms with Gasteiger partial charge in [-0.1, -0.05) is 18.2 Å². The van der Waals surface area contributed by atoms with Gasteiger partial charge in [0.15, 0.2) is 0 Å². The average molecular weight is 203 g/mol. The molecule has 1 N–H and O–H groups in total. The summed E-state index contributed by atoms with van der Waals surface area (Å²) in [5.41, 5.74) is 1.76. The smallest absolute Gasteiger partial charge is 0.332 e. The Kier molecular flexibility index (Phi) is 2.49. The quantitative estimate of drug-likeness (QED) is 0.709. The van der Waals surface area contributed by atoms with E-state index in [0.717, 1.165) is 17.3 Å². The predicted octanol–water partition coefficient (Wildman–Crippen LogP) is 1.89. The number of aliphatic carboxylic acids is 1. The van der Waals surface area contributed by atoms with E-state index >= 15 is 0 Å². The number of fused-ring (bicyclic) bond motifs is 1. The number of allylic oxidation sites excluding steroid dienone is 1. The molecule has 0 amide bonds. The number of hydrogen-bond acceptors (Lipinski definition) is 3. The lowest BCUT2D eigenvalue weighted by Crippen LogP contribution is -1.97. The van der Waals surface area contributed by atoms with Crippen molar-refractivity contribution in [1.82, 2.24) is 0 Å².